The molecule has 0 bridgehead atoms. The molecule has 2 N–H and O–H groups in total. The molecule has 5 nitrogen and oxygen atoms in total. The fraction of sp³-hybridized carbons (Fsp3) is 0.118. The summed E-state index contributed by atoms with van der Waals surface area (Å²) in [6.07, 6.45) is 4.39. The molecule has 0 aliphatic heterocycles. The van der Waals surface area contributed by atoms with Gasteiger partial charge in [-0.15, -0.1) is 0 Å². The highest BCUT2D eigenvalue weighted by Gasteiger charge is 2.16. The van der Waals surface area contributed by atoms with Crippen LogP contribution in [0.3, 0.4) is 0 Å². The molecule has 0 saturated carbocycles. The third-order valence-corrected chi connectivity index (χ3v) is 2.99. The largest absolute Gasteiger partial charge is 0.481 e. The van der Waals surface area contributed by atoms with Crippen LogP contribution in [0.25, 0.3) is 6.08 Å². The fourth-order valence-electron chi connectivity index (χ4n) is 1.97. The molecule has 2 aromatic rings. The first-order valence-electron chi connectivity index (χ1n) is 6.81. The molecular formula is C17H16N2O3. The first-order valence-corrected chi connectivity index (χ1v) is 6.81. The Kier molecular flexibility index (Phi) is 5.43. The average molecular weight is 296 g/mol. The van der Waals surface area contributed by atoms with Crippen LogP contribution < -0.4 is 5.32 Å². The molecule has 0 radical (unpaired) electrons. The predicted octanol–water partition coefficient (Wildman–Crippen LogP) is 2.43. The van der Waals surface area contributed by atoms with E-state index >= 15 is 0 Å². The minimum Gasteiger partial charge on any atom is -0.481 e. The molecule has 0 aliphatic carbocycles. The predicted molar refractivity (Wildman–Crippen MR) is 82.8 cm³/mol. The number of carboxylic acids is 1. The van der Waals surface area contributed by atoms with Gasteiger partial charge in [0.15, 0.2) is 0 Å². The molecule has 1 amide bonds. The molecular weight excluding hydrogens is 280 g/mol. The standard InChI is InChI=1S/C17H16N2O3/c20-16(10-9-14-8-4-5-11-18-14)19-15(12-17(21)22)13-6-2-1-3-7-13/h1-11,15H,12H2,(H,19,20)(H,21,22)/b10-9+. The number of pyridine rings is 1. The number of aromatic nitrogens is 1. The van der Waals surface area contributed by atoms with Crippen molar-refractivity contribution >= 4 is 18.0 Å². The number of carbonyl (C=O) groups is 2. The van der Waals surface area contributed by atoms with E-state index in [-0.39, 0.29) is 12.3 Å². The molecule has 0 spiro atoms. The highest BCUT2D eigenvalue weighted by Crippen LogP contribution is 2.16. The van der Waals surface area contributed by atoms with E-state index in [2.05, 4.69) is 10.3 Å². The number of hydrogen-bond donors (Lipinski definition) is 2. The van der Waals surface area contributed by atoms with Gasteiger partial charge < -0.3 is 10.4 Å². The lowest BCUT2D eigenvalue weighted by Gasteiger charge is -2.16. The Labute approximate surface area is 128 Å². The zero-order chi connectivity index (χ0) is 15.8. The smallest absolute Gasteiger partial charge is 0.305 e. The van der Waals surface area contributed by atoms with Crippen molar-refractivity contribution in [2.75, 3.05) is 0 Å². The molecule has 22 heavy (non-hydrogen) atoms. The van der Waals surface area contributed by atoms with Gasteiger partial charge in [0.1, 0.15) is 0 Å². The van der Waals surface area contributed by atoms with E-state index < -0.39 is 12.0 Å². The van der Waals surface area contributed by atoms with Gasteiger partial charge in [-0.1, -0.05) is 36.4 Å². The molecule has 1 unspecified atom stereocenters. The Hall–Kier alpha value is -2.95. The maximum absolute atomic E-state index is 12.0. The molecule has 1 atom stereocenters. The molecule has 5 heteroatoms. The van der Waals surface area contributed by atoms with Crippen LogP contribution in [0.2, 0.25) is 0 Å². The van der Waals surface area contributed by atoms with E-state index in [1.165, 1.54) is 6.08 Å². The summed E-state index contributed by atoms with van der Waals surface area (Å²) in [5, 5.41) is 11.7. The number of nitrogens with one attached hydrogen (secondary N) is 1. The van der Waals surface area contributed by atoms with Gasteiger partial charge in [-0.3, -0.25) is 14.6 Å². The zero-order valence-corrected chi connectivity index (χ0v) is 11.8. The van der Waals surface area contributed by atoms with Crippen molar-refractivity contribution in [3.8, 4) is 0 Å². The second kappa shape index (κ2) is 7.73. The summed E-state index contributed by atoms with van der Waals surface area (Å²) in [6.45, 7) is 0. The second-order valence-electron chi connectivity index (χ2n) is 4.66. The highest BCUT2D eigenvalue weighted by atomic mass is 16.4. The van der Waals surface area contributed by atoms with Crippen LogP contribution in [0.4, 0.5) is 0 Å². The van der Waals surface area contributed by atoms with Crippen molar-refractivity contribution in [3.05, 3.63) is 72.1 Å². The molecule has 1 heterocycles. The Bertz CT molecular complexity index is 654. The lowest BCUT2D eigenvalue weighted by molar-refractivity contribution is -0.137. The molecule has 2 rings (SSSR count). The monoisotopic (exact) mass is 296 g/mol. The number of aliphatic carboxylic acids is 1. The lowest BCUT2D eigenvalue weighted by Crippen LogP contribution is -2.28. The van der Waals surface area contributed by atoms with Crippen LogP contribution in [0.1, 0.15) is 23.7 Å². The number of carboxylic acid groups (broad SMARTS) is 1. The normalized spacial score (nSPS) is 12.0. The molecule has 1 aromatic carbocycles. The van der Waals surface area contributed by atoms with Gasteiger partial charge in [0.25, 0.3) is 0 Å². The quantitative estimate of drug-likeness (QED) is 0.802. The van der Waals surface area contributed by atoms with Crippen LogP contribution in [-0.2, 0) is 9.59 Å². The van der Waals surface area contributed by atoms with Crippen molar-refractivity contribution in [1.29, 1.82) is 0 Å². The van der Waals surface area contributed by atoms with Crippen molar-refractivity contribution in [2.45, 2.75) is 12.5 Å². The van der Waals surface area contributed by atoms with Gasteiger partial charge in [-0.25, -0.2) is 0 Å². The fourth-order valence-corrected chi connectivity index (χ4v) is 1.97. The summed E-state index contributed by atoms with van der Waals surface area (Å²) in [4.78, 5) is 27.0. The number of carbonyl (C=O) groups excluding carboxylic acids is 1. The zero-order valence-electron chi connectivity index (χ0n) is 11.8. The third-order valence-electron chi connectivity index (χ3n) is 2.99. The van der Waals surface area contributed by atoms with E-state index in [0.29, 0.717) is 5.69 Å². The first-order chi connectivity index (χ1) is 10.6. The lowest BCUT2D eigenvalue weighted by atomic mass is 10.0. The minimum atomic E-state index is -0.970. The Balaban J connectivity index is 2.05. The van der Waals surface area contributed by atoms with Crippen LogP contribution in [0.15, 0.2) is 60.8 Å². The number of nitrogens with zero attached hydrogens (tertiary/aromatic N) is 1. The van der Waals surface area contributed by atoms with Gasteiger partial charge >= 0.3 is 5.97 Å². The van der Waals surface area contributed by atoms with Crippen molar-refractivity contribution in [3.63, 3.8) is 0 Å². The number of rotatable bonds is 6. The van der Waals surface area contributed by atoms with E-state index in [1.807, 2.05) is 12.1 Å². The van der Waals surface area contributed by atoms with Gasteiger partial charge in [0.2, 0.25) is 5.91 Å². The van der Waals surface area contributed by atoms with Crippen LogP contribution in [0, 0.1) is 0 Å². The molecule has 112 valence electrons. The van der Waals surface area contributed by atoms with Gasteiger partial charge in [0, 0.05) is 12.3 Å². The Morgan fingerprint density at radius 1 is 1.14 bits per heavy atom. The van der Waals surface area contributed by atoms with E-state index in [4.69, 9.17) is 5.11 Å². The topological polar surface area (TPSA) is 79.3 Å². The highest BCUT2D eigenvalue weighted by molar-refractivity contribution is 5.92. The number of hydrogen-bond acceptors (Lipinski definition) is 3. The molecule has 0 saturated heterocycles. The van der Waals surface area contributed by atoms with Gasteiger partial charge in [-0.05, 0) is 23.8 Å². The summed E-state index contributed by atoms with van der Waals surface area (Å²) in [5.41, 5.74) is 1.41. The van der Waals surface area contributed by atoms with E-state index in [0.717, 1.165) is 5.56 Å². The van der Waals surface area contributed by atoms with Crippen molar-refractivity contribution < 1.29 is 14.7 Å². The van der Waals surface area contributed by atoms with Crippen LogP contribution >= 0.6 is 0 Å². The maximum Gasteiger partial charge on any atom is 0.305 e. The van der Waals surface area contributed by atoms with Crippen molar-refractivity contribution in [1.82, 2.24) is 10.3 Å². The third kappa shape index (κ3) is 4.86. The summed E-state index contributed by atoms with van der Waals surface area (Å²) in [5.74, 6) is -1.33. The minimum absolute atomic E-state index is 0.173. The summed E-state index contributed by atoms with van der Waals surface area (Å²) < 4.78 is 0. The molecule has 1 aromatic heterocycles. The summed E-state index contributed by atoms with van der Waals surface area (Å²) >= 11 is 0. The SMILES string of the molecule is O=C(O)CC(NC(=O)/C=C/c1ccccn1)c1ccccc1. The number of amides is 1. The summed E-state index contributed by atoms with van der Waals surface area (Å²) in [7, 11) is 0. The van der Waals surface area contributed by atoms with Crippen LogP contribution in [0.5, 0.6) is 0 Å². The molecule has 0 fully saturated rings. The van der Waals surface area contributed by atoms with E-state index in [9.17, 15) is 9.59 Å². The van der Waals surface area contributed by atoms with Crippen molar-refractivity contribution in [2.24, 2.45) is 0 Å². The van der Waals surface area contributed by atoms with E-state index in [1.54, 1.807) is 48.7 Å². The average Bonchev–Trinajstić information content (AvgIpc) is 2.54. The Morgan fingerprint density at radius 2 is 1.86 bits per heavy atom. The maximum atomic E-state index is 12.0. The molecule has 0 aliphatic rings. The van der Waals surface area contributed by atoms with Gasteiger partial charge in [-0.2, -0.15) is 0 Å². The number of benzene rings is 1. The van der Waals surface area contributed by atoms with Gasteiger partial charge in [0.05, 0.1) is 18.2 Å². The second-order valence-corrected chi connectivity index (χ2v) is 4.66. The summed E-state index contributed by atoms with van der Waals surface area (Å²) in [6, 6.07) is 13.8. The first kappa shape index (κ1) is 15.4. The van der Waals surface area contributed by atoms with Crippen LogP contribution in [-0.4, -0.2) is 22.0 Å². The Morgan fingerprint density at radius 3 is 2.50 bits per heavy atom.